The number of carbonyl (C=O) groups is 1. The maximum atomic E-state index is 11.9. The van der Waals surface area contributed by atoms with E-state index >= 15 is 0 Å². The molecule has 120 valence electrons. The van der Waals surface area contributed by atoms with Crippen LogP contribution in [-0.4, -0.2) is 32.7 Å². The number of benzene rings is 1. The second-order valence-corrected chi connectivity index (χ2v) is 4.81. The van der Waals surface area contributed by atoms with Crippen LogP contribution in [0.4, 0.5) is 5.69 Å². The van der Waals surface area contributed by atoms with Crippen LogP contribution >= 0.6 is 12.2 Å². The van der Waals surface area contributed by atoms with Crippen LogP contribution < -0.4 is 5.73 Å². The Bertz CT molecular complexity index is 743. The Morgan fingerprint density at radius 3 is 2.61 bits per heavy atom. The molecule has 0 aliphatic carbocycles. The zero-order valence-electron chi connectivity index (χ0n) is 12.0. The quantitative estimate of drug-likeness (QED) is 0.361. The van der Waals surface area contributed by atoms with Crippen molar-refractivity contribution in [2.45, 2.75) is 12.8 Å². The summed E-state index contributed by atoms with van der Waals surface area (Å²) in [5, 5.41) is 18.2. The molecule has 1 unspecified atom stereocenters. The van der Waals surface area contributed by atoms with Crippen LogP contribution in [0.15, 0.2) is 28.7 Å². The number of ether oxygens (including phenoxy) is 1. The fourth-order valence-corrected chi connectivity index (χ4v) is 1.95. The van der Waals surface area contributed by atoms with E-state index in [9.17, 15) is 14.9 Å². The van der Waals surface area contributed by atoms with Gasteiger partial charge >= 0.3 is 5.97 Å². The lowest BCUT2D eigenvalue weighted by atomic mass is 10.1. The van der Waals surface area contributed by atoms with Crippen molar-refractivity contribution in [3.63, 3.8) is 0 Å². The highest BCUT2D eigenvalue weighted by atomic mass is 32.1. The fourth-order valence-electron chi connectivity index (χ4n) is 1.76. The highest BCUT2D eigenvalue weighted by Gasteiger charge is 2.31. The average Bonchev–Trinajstić information content (AvgIpc) is 2.96. The molecule has 1 aromatic carbocycles. The molecule has 1 aromatic heterocycles. The number of nitro benzene ring substituents is 1. The number of hydrogen-bond donors (Lipinski definition) is 1. The third-order valence-corrected chi connectivity index (χ3v) is 3.06. The van der Waals surface area contributed by atoms with Crippen LogP contribution in [0.25, 0.3) is 11.5 Å². The van der Waals surface area contributed by atoms with Crippen molar-refractivity contribution in [3.05, 3.63) is 40.3 Å². The Labute approximate surface area is 135 Å². The number of non-ortho nitro benzene ring substituents is 1. The van der Waals surface area contributed by atoms with Crippen molar-refractivity contribution in [2.24, 2.45) is 5.73 Å². The van der Waals surface area contributed by atoms with E-state index in [1.54, 1.807) is 6.92 Å². The molecule has 0 saturated carbocycles. The number of nitro groups is 1. The van der Waals surface area contributed by atoms with Gasteiger partial charge in [0.2, 0.25) is 11.8 Å². The lowest BCUT2D eigenvalue weighted by molar-refractivity contribution is -0.384. The average molecular weight is 336 g/mol. The Morgan fingerprint density at radius 1 is 1.43 bits per heavy atom. The zero-order chi connectivity index (χ0) is 17.0. The van der Waals surface area contributed by atoms with E-state index in [0.717, 1.165) is 0 Å². The molecule has 0 bridgehead atoms. The molecular weight excluding hydrogens is 324 g/mol. The lowest BCUT2D eigenvalue weighted by Crippen LogP contribution is -2.28. The summed E-state index contributed by atoms with van der Waals surface area (Å²) in [6, 6.07) is 5.51. The lowest BCUT2D eigenvalue weighted by Gasteiger charge is -2.09. The van der Waals surface area contributed by atoms with E-state index < -0.39 is 16.8 Å². The first-order chi connectivity index (χ1) is 10.9. The van der Waals surface area contributed by atoms with Crippen LogP contribution in [-0.2, 0) is 9.53 Å². The summed E-state index contributed by atoms with van der Waals surface area (Å²) in [4.78, 5) is 21.8. The number of hydrogen-bond acceptors (Lipinski definition) is 8. The van der Waals surface area contributed by atoms with Crippen LogP contribution in [0.3, 0.4) is 0 Å². The molecule has 23 heavy (non-hydrogen) atoms. The van der Waals surface area contributed by atoms with Gasteiger partial charge in [0.05, 0.1) is 16.5 Å². The minimum atomic E-state index is -1.13. The predicted octanol–water partition coefficient (Wildman–Crippen LogP) is 1.58. The molecule has 2 rings (SSSR count). The van der Waals surface area contributed by atoms with Crippen molar-refractivity contribution >= 4 is 28.9 Å². The monoisotopic (exact) mass is 336 g/mol. The maximum Gasteiger partial charge on any atom is 0.325 e. The van der Waals surface area contributed by atoms with Crippen LogP contribution in [0.1, 0.15) is 18.7 Å². The molecule has 0 amide bonds. The fraction of sp³-hybridized carbons (Fsp3) is 0.231. The van der Waals surface area contributed by atoms with Gasteiger partial charge in [-0.3, -0.25) is 14.9 Å². The normalized spacial score (nSPS) is 11.7. The molecule has 0 radical (unpaired) electrons. The molecular formula is C13H12N4O5S. The summed E-state index contributed by atoms with van der Waals surface area (Å²) in [7, 11) is 0. The van der Waals surface area contributed by atoms with Crippen molar-refractivity contribution in [2.75, 3.05) is 6.61 Å². The highest BCUT2D eigenvalue weighted by Crippen LogP contribution is 2.24. The predicted molar refractivity (Wildman–Crippen MR) is 82.5 cm³/mol. The first-order valence-electron chi connectivity index (χ1n) is 6.48. The van der Waals surface area contributed by atoms with E-state index in [4.69, 9.17) is 27.1 Å². The third-order valence-electron chi connectivity index (χ3n) is 2.82. The summed E-state index contributed by atoms with van der Waals surface area (Å²) >= 11 is 4.84. The van der Waals surface area contributed by atoms with E-state index in [2.05, 4.69) is 10.2 Å². The number of carbonyl (C=O) groups excluding carboxylic acids is 1. The molecule has 0 aliphatic heterocycles. The SMILES string of the molecule is CCOC(=O)C(C(N)=S)c1nnc(-c2ccc([N+](=O)[O-])cc2)o1. The van der Waals surface area contributed by atoms with Crippen molar-refractivity contribution < 1.29 is 18.9 Å². The van der Waals surface area contributed by atoms with Crippen LogP contribution in [0, 0.1) is 10.1 Å². The first kappa shape index (κ1) is 16.5. The van der Waals surface area contributed by atoms with Gasteiger partial charge in [-0.1, -0.05) is 12.2 Å². The van der Waals surface area contributed by atoms with E-state index in [1.807, 2.05) is 0 Å². The second-order valence-electron chi connectivity index (χ2n) is 4.34. The topological polar surface area (TPSA) is 134 Å². The number of nitrogens with zero attached hydrogens (tertiary/aromatic N) is 3. The zero-order valence-corrected chi connectivity index (χ0v) is 12.8. The Morgan fingerprint density at radius 2 is 2.09 bits per heavy atom. The number of rotatable bonds is 6. The first-order valence-corrected chi connectivity index (χ1v) is 6.89. The largest absolute Gasteiger partial charge is 0.465 e. The molecule has 10 heteroatoms. The Balaban J connectivity index is 2.29. The van der Waals surface area contributed by atoms with E-state index in [0.29, 0.717) is 5.56 Å². The third kappa shape index (κ3) is 3.66. The summed E-state index contributed by atoms with van der Waals surface area (Å²) in [6.07, 6.45) is 0. The van der Waals surface area contributed by atoms with Crippen LogP contribution in [0.2, 0.25) is 0 Å². The Kier molecular flexibility index (Phi) is 4.96. The second kappa shape index (κ2) is 6.92. The molecule has 9 nitrogen and oxygen atoms in total. The van der Waals surface area contributed by atoms with Gasteiger partial charge in [0.25, 0.3) is 5.69 Å². The molecule has 1 heterocycles. The van der Waals surface area contributed by atoms with Gasteiger partial charge in [0.15, 0.2) is 5.92 Å². The number of nitrogens with two attached hydrogens (primary N) is 1. The molecule has 0 spiro atoms. The number of thiocarbonyl (C=S) groups is 1. The Hall–Kier alpha value is -2.88. The molecule has 0 aliphatic rings. The van der Waals surface area contributed by atoms with Crippen molar-refractivity contribution in [3.8, 4) is 11.5 Å². The maximum absolute atomic E-state index is 11.9. The molecule has 0 fully saturated rings. The molecule has 2 N–H and O–H groups in total. The van der Waals surface area contributed by atoms with Gasteiger partial charge in [0.1, 0.15) is 0 Å². The number of esters is 1. The van der Waals surface area contributed by atoms with Gasteiger partial charge in [-0.2, -0.15) is 0 Å². The minimum Gasteiger partial charge on any atom is -0.465 e. The van der Waals surface area contributed by atoms with Gasteiger partial charge in [-0.05, 0) is 19.1 Å². The van der Waals surface area contributed by atoms with Gasteiger partial charge in [-0.25, -0.2) is 0 Å². The summed E-state index contributed by atoms with van der Waals surface area (Å²) in [6.45, 7) is 1.80. The van der Waals surface area contributed by atoms with Crippen molar-refractivity contribution in [1.29, 1.82) is 0 Å². The van der Waals surface area contributed by atoms with E-state index in [-0.39, 0.29) is 29.1 Å². The van der Waals surface area contributed by atoms with E-state index in [1.165, 1.54) is 24.3 Å². The molecule has 0 saturated heterocycles. The summed E-state index contributed by atoms with van der Waals surface area (Å²) in [5.41, 5.74) is 5.92. The van der Waals surface area contributed by atoms with Gasteiger partial charge in [-0.15, -0.1) is 10.2 Å². The summed E-state index contributed by atoms with van der Waals surface area (Å²) < 4.78 is 10.3. The standard InChI is InChI=1S/C13H12N4O5S/c1-2-21-13(18)9(10(14)23)12-16-15-11(22-12)7-3-5-8(6-4-7)17(19)20/h3-6,9H,2H2,1H3,(H2,14,23). The van der Waals surface area contributed by atoms with Crippen LogP contribution in [0.5, 0.6) is 0 Å². The summed E-state index contributed by atoms with van der Waals surface area (Å²) in [5.74, 6) is -1.83. The van der Waals surface area contributed by atoms with Crippen molar-refractivity contribution in [1.82, 2.24) is 10.2 Å². The molecule has 2 aromatic rings. The minimum absolute atomic E-state index is 0.0685. The van der Waals surface area contributed by atoms with Gasteiger partial charge < -0.3 is 14.9 Å². The number of aromatic nitrogens is 2. The van der Waals surface area contributed by atoms with Gasteiger partial charge in [0, 0.05) is 17.7 Å². The molecule has 1 atom stereocenters. The smallest absolute Gasteiger partial charge is 0.325 e. The highest BCUT2D eigenvalue weighted by molar-refractivity contribution is 7.80.